The summed E-state index contributed by atoms with van der Waals surface area (Å²) in [6.07, 6.45) is 1.66. The van der Waals surface area contributed by atoms with Gasteiger partial charge in [0.15, 0.2) is 22.5 Å². The molecular formula is C17H15ClN4O2. The van der Waals surface area contributed by atoms with E-state index in [1.54, 1.807) is 20.4 Å². The molecule has 7 heteroatoms. The van der Waals surface area contributed by atoms with Crippen LogP contribution >= 0.6 is 11.6 Å². The number of hydrazone groups is 1. The Hall–Kier alpha value is -2.86. The van der Waals surface area contributed by atoms with Crippen LogP contribution in [0.3, 0.4) is 0 Å². The van der Waals surface area contributed by atoms with Crippen LogP contribution in [0.2, 0.25) is 5.15 Å². The van der Waals surface area contributed by atoms with Gasteiger partial charge in [0.25, 0.3) is 0 Å². The molecule has 0 saturated carbocycles. The molecule has 3 aromatic rings. The zero-order chi connectivity index (χ0) is 16.9. The van der Waals surface area contributed by atoms with Crippen LogP contribution < -0.4 is 14.9 Å². The second-order valence-corrected chi connectivity index (χ2v) is 5.23. The smallest absolute Gasteiger partial charge is 0.176 e. The van der Waals surface area contributed by atoms with Crippen molar-refractivity contribution in [3.05, 3.63) is 53.2 Å². The minimum Gasteiger partial charge on any atom is -0.493 e. The largest absolute Gasteiger partial charge is 0.493 e. The summed E-state index contributed by atoms with van der Waals surface area (Å²) in [6.45, 7) is 0. The van der Waals surface area contributed by atoms with Gasteiger partial charge in [-0.25, -0.2) is 0 Å². The zero-order valence-electron chi connectivity index (χ0n) is 13.2. The first kappa shape index (κ1) is 16.0. The molecule has 0 radical (unpaired) electrons. The molecule has 122 valence electrons. The molecule has 0 aliphatic carbocycles. The molecule has 0 aliphatic heterocycles. The lowest BCUT2D eigenvalue weighted by Gasteiger charge is -2.07. The maximum absolute atomic E-state index is 6.06. The van der Waals surface area contributed by atoms with Crippen molar-refractivity contribution < 1.29 is 9.47 Å². The summed E-state index contributed by atoms with van der Waals surface area (Å²) in [6, 6.07) is 13.1. The SMILES string of the molecule is COc1ccc(/C=N/Nc2nnc(Cl)c3ccccc23)cc1OC. The van der Waals surface area contributed by atoms with E-state index < -0.39 is 0 Å². The van der Waals surface area contributed by atoms with E-state index in [0.717, 1.165) is 16.3 Å². The topological polar surface area (TPSA) is 68.6 Å². The first-order chi connectivity index (χ1) is 11.7. The maximum Gasteiger partial charge on any atom is 0.176 e. The molecular weight excluding hydrogens is 328 g/mol. The van der Waals surface area contributed by atoms with Crippen molar-refractivity contribution in [2.75, 3.05) is 19.6 Å². The van der Waals surface area contributed by atoms with Crippen LogP contribution in [-0.4, -0.2) is 30.6 Å². The lowest BCUT2D eigenvalue weighted by Crippen LogP contribution is -1.98. The summed E-state index contributed by atoms with van der Waals surface area (Å²) in [7, 11) is 3.18. The molecule has 0 bridgehead atoms. The number of nitrogens with zero attached hydrogens (tertiary/aromatic N) is 3. The van der Waals surface area contributed by atoms with Crippen LogP contribution in [0.5, 0.6) is 11.5 Å². The van der Waals surface area contributed by atoms with Crippen molar-refractivity contribution in [1.29, 1.82) is 0 Å². The number of hydrogen-bond acceptors (Lipinski definition) is 6. The summed E-state index contributed by atoms with van der Waals surface area (Å²) in [4.78, 5) is 0. The average molecular weight is 343 g/mol. The van der Waals surface area contributed by atoms with Crippen molar-refractivity contribution >= 4 is 34.4 Å². The van der Waals surface area contributed by atoms with Crippen LogP contribution in [0.1, 0.15) is 5.56 Å². The summed E-state index contributed by atoms with van der Waals surface area (Å²) >= 11 is 6.06. The van der Waals surface area contributed by atoms with E-state index >= 15 is 0 Å². The molecule has 0 atom stereocenters. The van der Waals surface area contributed by atoms with Gasteiger partial charge in [-0.3, -0.25) is 5.43 Å². The van der Waals surface area contributed by atoms with Crippen molar-refractivity contribution in [1.82, 2.24) is 10.2 Å². The third-order valence-electron chi connectivity index (χ3n) is 3.43. The number of fused-ring (bicyclic) bond motifs is 1. The van der Waals surface area contributed by atoms with Gasteiger partial charge in [-0.15, -0.1) is 10.2 Å². The van der Waals surface area contributed by atoms with Crippen LogP contribution in [0.15, 0.2) is 47.6 Å². The fraction of sp³-hybridized carbons (Fsp3) is 0.118. The van der Waals surface area contributed by atoms with Gasteiger partial charge in [0.1, 0.15) is 0 Å². The van der Waals surface area contributed by atoms with Crippen molar-refractivity contribution in [2.24, 2.45) is 5.10 Å². The Labute approximate surface area is 144 Å². The molecule has 0 saturated heterocycles. The highest BCUT2D eigenvalue weighted by molar-refractivity contribution is 6.34. The van der Waals surface area contributed by atoms with E-state index in [1.165, 1.54) is 0 Å². The number of anilines is 1. The Bertz CT molecular complexity index is 899. The number of methoxy groups -OCH3 is 2. The van der Waals surface area contributed by atoms with Gasteiger partial charge >= 0.3 is 0 Å². The Kier molecular flexibility index (Phi) is 4.77. The predicted octanol–water partition coefficient (Wildman–Crippen LogP) is 3.75. The van der Waals surface area contributed by atoms with Gasteiger partial charge in [0.05, 0.1) is 20.4 Å². The molecule has 1 heterocycles. The molecule has 2 aromatic carbocycles. The van der Waals surface area contributed by atoms with Gasteiger partial charge in [-0.05, 0) is 23.8 Å². The Balaban J connectivity index is 1.84. The van der Waals surface area contributed by atoms with Crippen molar-refractivity contribution in [3.63, 3.8) is 0 Å². The Morgan fingerprint density at radius 1 is 1.00 bits per heavy atom. The van der Waals surface area contributed by atoms with Crippen molar-refractivity contribution in [3.8, 4) is 11.5 Å². The van der Waals surface area contributed by atoms with Gasteiger partial charge in [-0.2, -0.15) is 5.10 Å². The highest BCUT2D eigenvalue weighted by Gasteiger charge is 2.06. The second kappa shape index (κ2) is 7.14. The van der Waals surface area contributed by atoms with Gasteiger partial charge < -0.3 is 9.47 Å². The van der Waals surface area contributed by atoms with Crippen LogP contribution in [-0.2, 0) is 0 Å². The Morgan fingerprint density at radius 2 is 1.75 bits per heavy atom. The van der Waals surface area contributed by atoms with Crippen LogP contribution in [0.25, 0.3) is 10.8 Å². The molecule has 0 spiro atoms. The number of nitrogens with one attached hydrogen (secondary N) is 1. The highest BCUT2D eigenvalue weighted by atomic mass is 35.5. The van der Waals surface area contributed by atoms with Gasteiger partial charge in [0.2, 0.25) is 0 Å². The quantitative estimate of drug-likeness (QED) is 0.565. The molecule has 24 heavy (non-hydrogen) atoms. The summed E-state index contributed by atoms with van der Waals surface area (Å²) in [5, 5.41) is 14.2. The van der Waals surface area contributed by atoms with Crippen LogP contribution in [0, 0.1) is 0 Å². The zero-order valence-corrected chi connectivity index (χ0v) is 13.9. The molecule has 0 unspecified atom stereocenters. The number of aromatic nitrogens is 2. The fourth-order valence-corrected chi connectivity index (χ4v) is 2.46. The standard InChI is InChI=1S/C17H15ClN4O2/c1-23-14-8-7-11(9-15(14)24-2)10-19-21-17-13-6-4-3-5-12(13)16(18)20-22-17/h3-10H,1-2H3,(H,21,22)/b19-10+. The van der Waals surface area contributed by atoms with Crippen LogP contribution in [0.4, 0.5) is 5.82 Å². The summed E-state index contributed by atoms with van der Waals surface area (Å²) in [5.41, 5.74) is 3.75. The minimum absolute atomic E-state index is 0.361. The number of halogens is 1. The van der Waals surface area contributed by atoms with E-state index in [4.69, 9.17) is 21.1 Å². The van der Waals surface area contributed by atoms with E-state index in [9.17, 15) is 0 Å². The monoisotopic (exact) mass is 342 g/mol. The summed E-state index contributed by atoms with van der Waals surface area (Å²) in [5.74, 6) is 1.84. The molecule has 1 N–H and O–H groups in total. The number of benzene rings is 2. The lowest BCUT2D eigenvalue weighted by atomic mass is 10.2. The normalized spacial score (nSPS) is 11.0. The third kappa shape index (κ3) is 3.23. The van der Waals surface area contributed by atoms with E-state index in [1.807, 2.05) is 42.5 Å². The fourth-order valence-electron chi connectivity index (χ4n) is 2.25. The highest BCUT2D eigenvalue weighted by Crippen LogP contribution is 2.27. The summed E-state index contributed by atoms with van der Waals surface area (Å²) < 4.78 is 10.5. The first-order valence-electron chi connectivity index (χ1n) is 7.15. The number of rotatable bonds is 5. The molecule has 6 nitrogen and oxygen atoms in total. The van der Waals surface area contributed by atoms with E-state index in [-0.39, 0.29) is 0 Å². The second-order valence-electron chi connectivity index (χ2n) is 4.87. The molecule has 3 rings (SSSR count). The number of hydrogen-bond donors (Lipinski definition) is 1. The minimum atomic E-state index is 0.361. The van der Waals surface area contributed by atoms with E-state index in [2.05, 4.69) is 20.7 Å². The molecule has 0 fully saturated rings. The Morgan fingerprint density at radius 3 is 2.50 bits per heavy atom. The molecule has 0 aliphatic rings. The predicted molar refractivity (Wildman–Crippen MR) is 95.3 cm³/mol. The molecule has 1 aromatic heterocycles. The van der Waals surface area contributed by atoms with Gasteiger partial charge in [0, 0.05) is 10.8 Å². The molecule has 0 amide bonds. The van der Waals surface area contributed by atoms with E-state index in [0.29, 0.717) is 22.5 Å². The number of ether oxygens (including phenoxy) is 2. The third-order valence-corrected chi connectivity index (χ3v) is 3.71. The average Bonchev–Trinajstić information content (AvgIpc) is 2.63. The maximum atomic E-state index is 6.06. The van der Waals surface area contributed by atoms with Gasteiger partial charge in [-0.1, -0.05) is 35.9 Å². The lowest BCUT2D eigenvalue weighted by molar-refractivity contribution is 0.355. The van der Waals surface area contributed by atoms with Crippen molar-refractivity contribution in [2.45, 2.75) is 0 Å². The first-order valence-corrected chi connectivity index (χ1v) is 7.52.